The molecule has 2 N–H and O–H groups in total. The summed E-state index contributed by atoms with van der Waals surface area (Å²) in [5, 5.41) is 16.7. The van der Waals surface area contributed by atoms with Crippen LogP contribution >= 0.6 is 0 Å². The molecule has 1 amide bonds. The van der Waals surface area contributed by atoms with Crippen molar-refractivity contribution in [3.8, 4) is 0 Å². The number of carboxylic acid groups (broad SMARTS) is 2. The van der Waals surface area contributed by atoms with Gasteiger partial charge in [-0.1, -0.05) is 44.2 Å². The van der Waals surface area contributed by atoms with Gasteiger partial charge in [0.1, 0.15) is 0 Å². The van der Waals surface area contributed by atoms with Crippen molar-refractivity contribution < 1.29 is 33.0 Å². The smallest absolute Gasteiger partial charge is 0.414 e. The molecule has 2 aromatic carbocycles. The molecule has 1 saturated heterocycles. The highest BCUT2D eigenvalue weighted by Crippen LogP contribution is 2.23. The number of carbonyl (C=O) groups is 3. The van der Waals surface area contributed by atoms with Gasteiger partial charge in [0.15, 0.2) is 0 Å². The highest BCUT2D eigenvalue weighted by Gasteiger charge is 2.30. The number of nitrogens with zero attached hydrogens (tertiary/aromatic N) is 2. The molecule has 168 valence electrons. The molecular formula is C21H26N2O7S. The number of aliphatic carboxylic acids is 2. The lowest BCUT2D eigenvalue weighted by Gasteiger charge is -2.34. The predicted molar refractivity (Wildman–Crippen MR) is 114 cm³/mol. The molecule has 2 aromatic rings. The first kappa shape index (κ1) is 24.3. The van der Waals surface area contributed by atoms with Crippen molar-refractivity contribution in [1.82, 2.24) is 9.21 Å². The Kier molecular flexibility index (Phi) is 8.12. The van der Waals surface area contributed by atoms with E-state index in [9.17, 15) is 13.2 Å². The minimum atomic E-state index is -3.53. The Hall–Kier alpha value is -2.98. The van der Waals surface area contributed by atoms with Crippen LogP contribution in [0, 0.1) is 5.92 Å². The maximum absolute atomic E-state index is 12.9. The first-order chi connectivity index (χ1) is 14.5. The Morgan fingerprint density at radius 3 is 1.97 bits per heavy atom. The van der Waals surface area contributed by atoms with Crippen molar-refractivity contribution in [2.45, 2.75) is 25.2 Å². The lowest BCUT2D eigenvalue weighted by atomic mass is 10.1. The Bertz CT molecular complexity index is 1050. The quantitative estimate of drug-likeness (QED) is 0.680. The Balaban J connectivity index is 0.000000501. The van der Waals surface area contributed by atoms with Crippen LogP contribution in [0.1, 0.15) is 20.3 Å². The molecule has 3 rings (SSSR count). The normalized spacial score (nSPS) is 14.7. The molecular weight excluding hydrogens is 424 g/mol. The number of benzene rings is 2. The van der Waals surface area contributed by atoms with E-state index in [0.717, 1.165) is 10.8 Å². The Morgan fingerprint density at radius 1 is 0.903 bits per heavy atom. The van der Waals surface area contributed by atoms with Crippen LogP contribution in [0.4, 0.5) is 0 Å². The summed E-state index contributed by atoms with van der Waals surface area (Å²) >= 11 is 0. The monoisotopic (exact) mass is 450 g/mol. The Labute approximate surface area is 180 Å². The number of hydrogen-bond acceptors (Lipinski definition) is 5. The van der Waals surface area contributed by atoms with Gasteiger partial charge in [-0.3, -0.25) is 4.79 Å². The van der Waals surface area contributed by atoms with Gasteiger partial charge in [-0.05, 0) is 28.8 Å². The van der Waals surface area contributed by atoms with E-state index in [2.05, 4.69) is 0 Å². The SMILES string of the molecule is CC(C)CC(=O)N1CCN(S(=O)(=O)c2ccc3ccccc3c2)CC1.O=C(O)C(=O)O. The van der Waals surface area contributed by atoms with E-state index in [1.807, 2.05) is 44.2 Å². The summed E-state index contributed by atoms with van der Waals surface area (Å²) in [5.41, 5.74) is 0. The zero-order valence-electron chi connectivity index (χ0n) is 17.4. The number of carboxylic acids is 2. The molecule has 0 radical (unpaired) electrons. The molecule has 0 aliphatic carbocycles. The van der Waals surface area contributed by atoms with Gasteiger partial charge in [0.2, 0.25) is 15.9 Å². The van der Waals surface area contributed by atoms with E-state index in [0.29, 0.717) is 43.4 Å². The van der Waals surface area contributed by atoms with Gasteiger partial charge >= 0.3 is 11.9 Å². The average molecular weight is 451 g/mol. The highest BCUT2D eigenvalue weighted by molar-refractivity contribution is 7.89. The number of piperazine rings is 1. The van der Waals surface area contributed by atoms with E-state index in [4.69, 9.17) is 19.8 Å². The zero-order valence-corrected chi connectivity index (χ0v) is 18.2. The molecule has 10 heteroatoms. The number of fused-ring (bicyclic) bond motifs is 1. The molecule has 9 nitrogen and oxygen atoms in total. The van der Waals surface area contributed by atoms with Crippen LogP contribution in [0.15, 0.2) is 47.4 Å². The fourth-order valence-corrected chi connectivity index (χ4v) is 4.59. The van der Waals surface area contributed by atoms with Gasteiger partial charge in [0.05, 0.1) is 4.90 Å². The van der Waals surface area contributed by atoms with Crippen LogP contribution in [-0.2, 0) is 24.4 Å². The van der Waals surface area contributed by atoms with Crippen LogP contribution in [0.5, 0.6) is 0 Å². The predicted octanol–water partition coefficient (Wildman–Crippen LogP) is 1.87. The minimum Gasteiger partial charge on any atom is -0.473 e. The first-order valence-corrected chi connectivity index (χ1v) is 11.2. The summed E-state index contributed by atoms with van der Waals surface area (Å²) in [6.45, 7) is 5.63. The lowest BCUT2D eigenvalue weighted by Crippen LogP contribution is -2.50. The summed E-state index contributed by atoms with van der Waals surface area (Å²) in [7, 11) is -3.53. The van der Waals surface area contributed by atoms with Crippen molar-refractivity contribution in [2.24, 2.45) is 5.92 Å². The van der Waals surface area contributed by atoms with Crippen LogP contribution in [-0.4, -0.2) is 71.9 Å². The molecule has 0 saturated carbocycles. The lowest BCUT2D eigenvalue weighted by molar-refractivity contribution is -0.159. The summed E-state index contributed by atoms with van der Waals surface area (Å²) < 4.78 is 27.3. The van der Waals surface area contributed by atoms with Gasteiger partial charge in [-0.25, -0.2) is 18.0 Å². The van der Waals surface area contributed by atoms with E-state index in [1.54, 1.807) is 17.0 Å². The number of hydrogen-bond donors (Lipinski definition) is 2. The largest absolute Gasteiger partial charge is 0.473 e. The maximum Gasteiger partial charge on any atom is 0.414 e. The third-order valence-electron chi connectivity index (χ3n) is 4.72. The van der Waals surface area contributed by atoms with Crippen molar-refractivity contribution in [2.75, 3.05) is 26.2 Å². The molecule has 31 heavy (non-hydrogen) atoms. The standard InChI is InChI=1S/C19H24N2O3S.C2H2O4/c1-15(2)13-19(22)20-9-11-21(12-10-20)25(23,24)18-8-7-16-5-3-4-6-17(16)14-18;3-1(4)2(5)6/h3-8,14-15H,9-13H2,1-2H3;(H,3,4)(H,5,6). The summed E-state index contributed by atoms with van der Waals surface area (Å²) in [5.74, 6) is -3.23. The average Bonchev–Trinajstić information content (AvgIpc) is 2.73. The molecule has 1 heterocycles. The van der Waals surface area contributed by atoms with Gasteiger partial charge in [0, 0.05) is 32.6 Å². The van der Waals surface area contributed by atoms with E-state index in [1.165, 1.54) is 4.31 Å². The summed E-state index contributed by atoms with van der Waals surface area (Å²) in [4.78, 5) is 32.4. The second-order valence-electron chi connectivity index (χ2n) is 7.50. The second kappa shape index (κ2) is 10.4. The number of sulfonamides is 1. The van der Waals surface area contributed by atoms with Crippen LogP contribution < -0.4 is 0 Å². The molecule has 0 bridgehead atoms. The van der Waals surface area contributed by atoms with Crippen LogP contribution in [0.2, 0.25) is 0 Å². The summed E-state index contributed by atoms with van der Waals surface area (Å²) in [6, 6.07) is 12.9. The fraction of sp³-hybridized carbons (Fsp3) is 0.381. The van der Waals surface area contributed by atoms with E-state index >= 15 is 0 Å². The Morgan fingerprint density at radius 2 is 1.45 bits per heavy atom. The first-order valence-electron chi connectivity index (χ1n) is 9.75. The van der Waals surface area contributed by atoms with E-state index in [-0.39, 0.29) is 5.91 Å². The highest BCUT2D eigenvalue weighted by atomic mass is 32.2. The van der Waals surface area contributed by atoms with Crippen molar-refractivity contribution in [3.63, 3.8) is 0 Å². The molecule has 1 fully saturated rings. The zero-order chi connectivity index (χ0) is 23.2. The minimum absolute atomic E-state index is 0.109. The van der Waals surface area contributed by atoms with Crippen molar-refractivity contribution in [3.05, 3.63) is 42.5 Å². The van der Waals surface area contributed by atoms with Gasteiger partial charge in [0.25, 0.3) is 0 Å². The molecule has 0 unspecified atom stereocenters. The number of rotatable bonds is 4. The van der Waals surface area contributed by atoms with Crippen LogP contribution in [0.3, 0.4) is 0 Å². The fourth-order valence-electron chi connectivity index (χ4n) is 3.13. The van der Waals surface area contributed by atoms with Gasteiger partial charge in [-0.2, -0.15) is 4.31 Å². The molecule has 1 aliphatic rings. The van der Waals surface area contributed by atoms with Gasteiger partial charge in [-0.15, -0.1) is 0 Å². The van der Waals surface area contributed by atoms with Gasteiger partial charge < -0.3 is 15.1 Å². The topological polar surface area (TPSA) is 132 Å². The number of carbonyl (C=O) groups excluding carboxylic acids is 1. The molecule has 1 aliphatic heterocycles. The van der Waals surface area contributed by atoms with Crippen molar-refractivity contribution >= 4 is 38.6 Å². The van der Waals surface area contributed by atoms with E-state index < -0.39 is 22.0 Å². The molecule has 0 aromatic heterocycles. The summed E-state index contributed by atoms with van der Waals surface area (Å²) in [6.07, 6.45) is 0.511. The number of amides is 1. The third-order valence-corrected chi connectivity index (χ3v) is 6.61. The van der Waals surface area contributed by atoms with Crippen molar-refractivity contribution in [1.29, 1.82) is 0 Å². The second-order valence-corrected chi connectivity index (χ2v) is 9.44. The van der Waals surface area contributed by atoms with Crippen LogP contribution in [0.25, 0.3) is 10.8 Å². The maximum atomic E-state index is 12.9. The third kappa shape index (κ3) is 6.50. The molecule has 0 spiro atoms. The molecule has 0 atom stereocenters.